The van der Waals surface area contributed by atoms with Crippen LogP contribution >= 0.6 is 34.3 Å². The van der Waals surface area contributed by atoms with Gasteiger partial charge in [0.05, 0.1) is 14.9 Å². The molecule has 0 unspecified atom stereocenters. The van der Waals surface area contributed by atoms with E-state index in [1.165, 1.54) is 22.7 Å². The lowest BCUT2D eigenvalue weighted by Crippen LogP contribution is -2.31. The summed E-state index contributed by atoms with van der Waals surface area (Å²) in [6.07, 6.45) is 0.155. The van der Waals surface area contributed by atoms with E-state index in [1.54, 1.807) is 12.1 Å². The number of thiophene rings is 1. The molecule has 0 bridgehead atoms. The number of nitrogens with zero attached hydrogens (tertiary/aromatic N) is 1. The summed E-state index contributed by atoms with van der Waals surface area (Å²) in [7, 11) is 0. The van der Waals surface area contributed by atoms with Gasteiger partial charge in [0.1, 0.15) is 0 Å². The summed E-state index contributed by atoms with van der Waals surface area (Å²) in [5.41, 5.74) is 1.47. The Bertz CT molecular complexity index is 895. The quantitative estimate of drug-likeness (QED) is 0.556. The Morgan fingerprint density at radius 2 is 1.88 bits per heavy atom. The highest BCUT2D eigenvalue weighted by molar-refractivity contribution is 7.20. The van der Waals surface area contributed by atoms with Crippen LogP contribution in [0.2, 0.25) is 4.34 Å². The predicted octanol–water partition coefficient (Wildman–Crippen LogP) is 4.68. The summed E-state index contributed by atoms with van der Waals surface area (Å²) in [4.78, 5) is 29.0. The summed E-state index contributed by atoms with van der Waals surface area (Å²) in [5, 5.41) is 10.4. The van der Waals surface area contributed by atoms with E-state index < -0.39 is 0 Å². The molecule has 0 radical (unpaired) electrons. The average Bonchev–Trinajstić information content (AvgIpc) is 3.24. The molecule has 3 N–H and O–H groups in total. The maximum absolute atomic E-state index is 12.0. The Hall–Kier alpha value is -2.42. The fourth-order valence-electron chi connectivity index (χ4n) is 2.06. The lowest BCUT2D eigenvalue weighted by Gasteiger charge is -2.07. The van der Waals surface area contributed by atoms with E-state index in [-0.39, 0.29) is 24.9 Å². The second-order valence-electron chi connectivity index (χ2n) is 5.19. The molecule has 6 nitrogen and oxygen atoms in total. The van der Waals surface area contributed by atoms with Crippen molar-refractivity contribution in [2.45, 2.75) is 6.42 Å². The Balaban J connectivity index is 1.42. The summed E-state index contributed by atoms with van der Waals surface area (Å²) in [6, 6.07) is 12.4. The number of hydrogen-bond acceptors (Lipinski definition) is 5. The number of para-hydroxylation sites is 1. The second kappa shape index (κ2) is 8.79. The molecule has 0 spiro atoms. The highest BCUT2D eigenvalue weighted by Crippen LogP contribution is 2.32. The predicted molar refractivity (Wildman–Crippen MR) is 107 cm³/mol. The molecule has 2 heterocycles. The van der Waals surface area contributed by atoms with Gasteiger partial charge < -0.3 is 16.0 Å². The van der Waals surface area contributed by atoms with E-state index in [4.69, 9.17) is 11.6 Å². The SMILES string of the molecule is O=C(CCNC(=O)Nc1ccccc1)Nc1nc(-c2ccc(Cl)s2)cs1. The molecule has 9 heteroatoms. The average molecular weight is 407 g/mol. The Kier molecular flexibility index (Phi) is 6.21. The van der Waals surface area contributed by atoms with Gasteiger partial charge in [-0.25, -0.2) is 9.78 Å². The van der Waals surface area contributed by atoms with Crippen LogP contribution in [0.4, 0.5) is 15.6 Å². The van der Waals surface area contributed by atoms with E-state index >= 15 is 0 Å². The number of anilines is 2. The fraction of sp³-hybridized carbons (Fsp3) is 0.118. The summed E-state index contributed by atoms with van der Waals surface area (Å²) < 4.78 is 0.693. The van der Waals surface area contributed by atoms with Gasteiger partial charge in [-0.2, -0.15) is 0 Å². The van der Waals surface area contributed by atoms with Gasteiger partial charge in [-0.1, -0.05) is 29.8 Å². The topological polar surface area (TPSA) is 83.1 Å². The molecule has 0 aliphatic rings. The van der Waals surface area contributed by atoms with Gasteiger partial charge >= 0.3 is 6.03 Å². The zero-order valence-electron chi connectivity index (χ0n) is 13.5. The van der Waals surface area contributed by atoms with Crippen LogP contribution in [-0.4, -0.2) is 23.5 Å². The van der Waals surface area contributed by atoms with Crippen LogP contribution in [0.1, 0.15) is 6.42 Å². The van der Waals surface area contributed by atoms with Gasteiger partial charge in [-0.3, -0.25) is 4.79 Å². The number of aromatic nitrogens is 1. The van der Waals surface area contributed by atoms with Crippen molar-refractivity contribution in [3.8, 4) is 10.6 Å². The summed E-state index contributed by atoms with van der Waals surface area (Å²) in [5.74, 6) is -0.213. The van der Waals surface area contributed by atoms with Crippen LogP contribution in [0.3, 0.4) is 0 Å². The number of benzene rings is 1. The van der Waals surface area contributed by atoms with Crippen LogP contribution in [-0.2, 0) is 4.79 Å². The highest BCUT2D eigenvalue weighted by atomic mass is 35.5. The number of halogens is 1. The molecular formula is C17H15ClN4O2S2. The monoisotopic (exact) mass is 406 g/mol. The van der Waals surface area contributed by atoms with Crippen LogP contribution < -0.4 is 16.0 Å². The highest BCUT2D eigenvalue weighted by Gasteiger charge is 2.10. The lowest BCUT2D eigenvalue weighted by molar-refractivity contribution is -0.116. The first-order valence-electron chi connectivity index (χ1n) is 7.71. The van der Waals surface area contributed by atoms with Gasteiger partial charge in [0, 0.05) is 24.0 Å². The van der Waals surface area contributed by atoms with Crippen LogP contribution in [0.15, 0.2) is 47.8 Å². The van der Waals surface area contributed by atoms with E-state index in [0.29, 0.717) is 15.2 Å². The van der Waals surface area contributed by atoms with Gasteiger partial charge in [0.25, 0.3) is 0 Å². The summed E-state index contributed by atoms with van der Waals surface area (Å²) in [6.45, 7) is 0.225. The standard InChI is InChI=1S/C17H15ClN4O2S2/c18-14-7-6-13(26-14)12-10-25-17(21-12)22-15(23)8-9-19-16(24)20-11-4-2-1-3-5-11/h1-7,10H,8-9H2,(H2,19,20,24)(H,21,22,23). The van der Waals surface area contributed by atoms with Gasteiger partial charge in [0.15, 0.2) is 5.13 Å². The first-order valence-corrected chi connectivity index (χ1v) is 9.78. The Labute approximate surface area is 163 Å². The molecule has 2 aromatic heterocycles. The molecule has 0 atom stereocenters. The minimum absolute atomic E-state index is 0.155. The maximum Gasteiger partial charge on any atom is 0.319 e. The van der Waals surface area contributed by atoms with Crippen molar-refractivity contribution < 1.29 is 9.59 Å². The fourth-order valence-corrected chi connectivity index (χ4v) is 3.87. The number of thiazole rings is 1. The van der Waals surface area contributed by atoms with E-state index in [1.807, 2.05) is 35.7 Å². The van der Waals surface area contributed by atoms with Gasteiger partial charge in [-0.05, 0) is 24.3 Å². The molecule has 1 aromatic carbocycles. The van der Waals surface area contributed by atoms with Crippen LogP contribution in [0, 0.1) is 0 Å². The van der Waals surface area contributed by atoms with Crippen molar-refractivity contribution in [1.82, 2.24) is 10.3 Å². The van der Waals surface area contributed by atoms with Crippen LogP contribution in [0.5, 0.6) is 0 Å². The van der Waals surface area contributed by atoms with Crippen molar-refractivity contribution >= 4 is 57.0 Å². The molecule has 0 aliphatic carbocycles. The van der Waals surface area contributed by atoms with Crippen molar-refractivity contribution in [3.63, 3.8) is 0 Å². The zero-order valence-corrected chi connectivity index (χ0v) is 15.9. The zero-order chi connectivity index (χ0) is 18.4. The molecule has 0 saturated carbocycles. The molecule has 0 fully saturated rings. The normalized spacial score (nSPS) is 10.3. The first-order chi connectivity index (χ1) is 12.6. The number of carbonyl (C=O) groups is 2. The van der Waals surface area contributed by atoms with E-state index in [9.17, 15) is 9.59 Å². The third-order valence-electron chi connectivity index (χ3n) is 3.25. The Morgan fingerprint density at radius 1 is 1.08 bits per heavy atom. The maximum atomic E-state index is 12.0. The number of nitrogens with one attached hydrogen (secondary N) is 3. The van der Waals surface area contributed by atoms with Crippen molar-refractivity contribution in [2.24, 2.45) is 0 Å². The minimum atomic E-state index is -0.352. The lowest BCUT2D eigenvalue weighted by atomic mass is 10.3. The molecule has 3 amide bonds. The number of urea groups is 1. The molecular weight excluding hydrogens is 392 g/mol. The number of amides is 3. The minimum Gasteiger partial charge on any atom is -0.337 e. The van der Waals surface area contributed by atoms with Crippen molar-refractivity contribution in [1.29, 1.82) is 0 Å². The summed E-state index contributed by atoms with van der Waals surface area (Å²) >= 11 is 8.70. The third-order valence-corrected chi connectivity index (χ3v) is 5.26. The molecule has 3 rings (SSSR count). The molecule has 0 saturated heterocycles. The van der Waals surface area contributed by atoms with Crippen LogP contribution in [0.25, 0.3) is 10.6 Å². The molecule has 134 valence electrons. The molecule has 26 heavy (non-hydrogen) atoms. The van der Waals surface area contributed by atoms with Gasteiger partial charge in [0.2, 0.25) is 5.91 Å². The van der Waals surface area contributed by atoms with Gasteiger partial charge in [-0.15, -0.1) is 22.7 Å². The molecule has 3 aromatic rings. The largest absolute Gasteiger partial charge is 0.337 e. The first kappa shape index (κ1) is 18.4. The number of hydrogen-bond donors (Lipinski definition) is 3. The van der Waals surface area contributed by atoms with Crippen molar-refractivity contribution in [2.75, 3.05) is 17.2 Å². The third kappa shape index (κ3) is 5.29. The van der Waals surface area contributed by atoms with Crippen molar-refractivity contribution in [3.05, 3.63) is 52.2 Å². The second-order valence-corrected chi connectivity index (χ2v) is 7.76. The van der Waals surface area contributed by atoms with E-state index in [2.05, 4.69) is 20.9 Å². The number of rotatable bonds is 6. The molecule has 0 aliphatic heterocycles. The Morgan fingerprint density at radius 3 is 2.62 bits per heavy atom. The number of carbonyl (C=O) groups excluding carboxylic acids is 2. The van der Waals surface area contributed by atoms with E-state index in [0.717, 1.165) is 10.6 Å². The smallest absolute Gasteiger partial charge is 0.319 e.